The first kappa shape index (κ1) is 18.5. The Kier molecular flexibility index (Phi) is 4.80. The van der Waals surface area contributed by atoms with E-state index >= 15 is 0 Å². The quantitative estimate of drug-likeness (QED) is 0.656. The van der Waals surface area contributed by atoms with Crippen molar-refractivity contribution in [1.29, 1.82) is 0 Å². The number of carbonyl (C=O) groups is 1. The number of aromatic nitrogens is 3. The smallest absolute Gasteiger partial charge is 0.405 e. The van der Waals surface area contributed by atoms with E-state index in [4.69, 9.17) is 11.6 Å². The minimum absolute atomic E-state index is 0.119. The van der Waals surface area contributed by atoms with E-state index in [1.807, 2.05) is 0 Å². The summed E-state index contributed by atoms with van der Waals surface area (Å²) in [6.45, 7) is 0.388. The molecule has 0 bridgehead atoms. The summed E-state index contributed by atoms with van der Waals surface area (Å²) in [5.41, 5.74) is 0.938. The fraction of sp³-hybridized carbons (Fsp3) is 0.267. The molecule has 0 saturated carbocycles. The molecule has 1 amide bonds. The second-order valence-corrected chi connectivity index (χ2v) is 7.22. The first-order valence-corrected chi connectivity index (χ1v) is 8.54. The summed E-state index contributed by atoms with van der Waals surface area (Å²) in [6, 6.07) is 3.43. The molecule has 3 heterocycles. The summed E-state index contributed by atoms with van der Waals surface area (Å²) < 4.78 is 40.4. The van der Waals surface area contributed by atoms with Crippen molar-refractivity contribution >= 4 is 34.5 Å². The number of pyridine rings is 1. The van der Waals surface area contributed by atoms with Crippen LogP contribution in [0.25, 0.3) is 5.65 Å². The summed E-state index contributed by atoms with van der Waals surface area (Å²) in [5.74, 6) is -1.47. The van der Waals surface area contributed by atoms with E-state index in [2.05, 4.69) is 4.98 Å². The number of carbonyl (C=O) groups excluding carboxylic acids is 1. The second-order valence-electron chi connectivity index (χ2n) is 5.52. The molecule has 0 saturated heterocycles. The summed E-state index contributed by atoms with van der Waals surface area (Å²) in [4.78, 5) is 17.0. The molecule has 3 rings (SSSR count). The Hall–Kier alpha value is -2.33. The van der Waals surface area contributed by atoms with Crippen LogP contribution in [0.15, 0.2) is 24.5 Å². The number of nitrogens with one attached hydrogen (secondary N) is 1. The highest BCUT2D eigenvalue weighted by Gasteiger charge is 2.35. The highest BCUT2D eigenvalue weighted by molar-refractivity contribution is 7.15. The third-order valence-corrected chi connectivity index (χ3v) is 4.73. The van der Waals surface area contributed by atoms with Crippen LogP contribution in [0.2, 0.25) is 4.47 Å². The Morgan fingerprint density at radius 2 is 2.23 bits per heavy atom. The Balaban J connectivity index is 2.11. The largest absolute Gasteiger partial charge is 0.474 e. The molecule has 0 spiro atoms. The molecule has 0 atom stereocenters. The average Bonchev–Trinajstić information content (AvgIpc) is 3.08. The molecular formula is C15H13ClF3N4O2S+. The van der Waals surface area contributed by atoms with E-state index in [1.165, 1.54) is 32.7 Å². The number of aromatic hydroxyl groups is 1. The van der Waals surface area contributed by atoms with Gasteiger partial charge >= 0.3 is 12.1 Å². The van der Waals surface area contributed by atoms with E-state index in [1.54, 1.807) is 24.4 Å². The number of aryl methyl sites for hydroxylation is 1. The molecule has 0 aliphatic carbocycles. The summed E-state index contributed by atoms with van der Waals surface area (Å²) >= 11 is 7.00. The number of imidazole rings is 1. The topological polar surface area (TPSA) is 71.2 Å². The van der Waals surface area contributed by atoms with Gasteiger partial charge in [-0.1, -0.05) is 11.6 Å². The molecule has 0 fully saturated rings. The third kappa shape index (κ3) is 3.61. The molecule has 0 aromatic carbocycles. The normalized spacial score (nSPS) is 11.9. The molecule has 3 aromatic rings. The lowest BCUT2D eigenvalue weighted by molar-refractivity contribution is -0.521. The van der Waals surface area contributed by atoms with Crippen molar-refractivity contribution < 1.29 is 27.5 Å². The Bertz CT molecular complexity index is 983. The zero-order valence-corrected chi connectivity index (χ0v) is 14.9. The molecule has 2 N–H and O–H groups in total. The lowest BCUT2D eigenvalue weighted by Gasteiger charge is -2.07. The molecule has 0 aliphatic heterocycles. The maximum atomic E-state index is 12.4. The molecular weight excluding hydrogens is 393 g/mol. The van der Waals surface area contributed by atoms with E-state index in [-0.39, 0.29) is 12.2 Å². The van der Waals surface area contributed by atoms with Gasteiger partial charge in [-0.3, -0.25) is 4.79 Å². The first-order valence-electron chi connectivity index (χ1n) is 7.35. The predicted molar refractivity (Wildman–Crippen MR) is 88.6 cm³/mol. The number of alkyl halides is 3. The van der Waals surface area contributed by atoms with Gasteiger partial charge in [0.25, 0.3) is 17.2 Å². The molecule has 138 valence electrons. The van der Waals surface area contributed by atoms with E-state index in [9.17, 15) is 23.1 Å². The van der Waals surface area contributed by atoms with Gasteiger partial charge in [0.2, 0.25) is 0 Å². The fourth-order valence-corrected chi connectivity index (χ4v) is 3.58. The second kappa shape index (κ2) is 6.76. The maximum absolute atomic E-state index is 12.4. The summed E-state index contributed by atoms with van der Waals surface area (Å²) in [5, 5.41) is 12.2. The molecule has 6 nitrogen and oxygen atoms in total. The van der Waals surface area contributed by atoms with Crippen LogP contribution < -0.4 is 9.72 Å². The van der Waals surface area contributed by atoms with Crippen molar-refractivity contribution in [2.75, 3.05) is 6.54 Å². The van der Waals surface area contributed by atoms with Crippen molar-refractivity contribution in [2.24, 2.45) is 0 Å². The number of nitrogens with zero attached hydrogens (tertiary/aromatic N) is 3. The standard InChI is InChI=1S/C15H12ClF3N4O2S/c1-8-3-2-4-22-12(8)23(6-9-5-20-14(16)26-9)10(13(22)25)11(24)21-7-15(17,18)19/h2-5H,6-7H2,1H3,(H-,21,24,25)/p+1. The van der Waals surface area contributed by atoms with Gasteiger partial charge in [-0.25, -0.2) is 9.55 Å². The van der Waals surface area contributed by atoms with E-state index in [0.29, 0.717) is 15.0 Å². The molecule has 26 heavy (non-hydrogen) atoms. The first-order chi connectivity index (χ1) is 12.2. The van der Waals surface area contributed by atoms with Crippen LogP contribution in [0.1, 0.15) is 20.9 Å². The Morgan fingerprint density at radius 3 is 2.85 bits per heavy atom. The van der Waals surface area contributed by atoms with Crippen LogP contribution >= 0.6 is 22.9 Å². The average molecular weight is 406 g/mol. The number of halogens is 4. The molecule has 0 unspecified atom stereocenters. The van der Waals surface area contributed by atoms with Gasteiger partial charge in [0.15, 0.2) is 4.47 Å². The SMILES string of the molecule is Cc1ccc[n+]2c(O)c(C(=O)NCC(F)(F)F)n(Cc3cnc(Cl)s3)c12. The zero-order valence-electron chi connectivity index (χ0n) is 13.3. The summed E-state index contributed by atoms with van der Waals surface area (Å²) in [7, 11) is 0. The van der Waals surface area contributed by atoms with Crippen molar-refractivity contribution in [2.45, 2.75) is 19.6 Å². The zero-order chi connectivity index (χ0) is 19.1. The van der Waals surface area contributed by atoms with Crippen LogP contribution in [0, 0.1) is 6.92 Å². The number of hydrogen-bond donors (Lipinski definition) is 2. The van der Waals surface area contributed by atoms with Crippen LogP contribution in [0.4, 0.5) is 13.2 Å². The minimum atomic E-state index is -4.56. The number of thiazole rings is 1. The van der Waals surface area contributed by atoms with Crippen molar-refractivity contribution in [1.82, 2.24) is 14.9 Å². The lowest BCUT2D eigenvalue weighted by atomic mass is 10.3. The van der Waals surface area contributed by atoms with Gasteiger partial charge in [0.05, 0.1) is 11.1 Å². The van der Waals surface area contributed by atoms with Gasteiger partial charge in [-0.05, 0) is 19.1 Å². The van der Waals surface area contributed by atoms with E-state index in [0.717, 1.165) is 5.56 Å². The minimum Gasteiger partial charge on any atom is -0.474 e. The van der Waals surface area contributed by atoms with Gasteiger partial charge in [0.1, 0.15) is 13.1 Å². The Labute approximate surface area is 154 Å². The van der Waals surface area contributed by atoms with Crippen molar-refractivity contribution in [3.63, 3.8) is 0 Å². The van der Waals surface area contributed by atoms with Crippen LogP contribution in [0.5, 0.6) is 5.88 Å². The molecule has 3 aromatic heterocycles. The van der Waals surface area contributed by atoms with Gasteiger partial charge in [0, 0.05) is 11.8 Å². The summed E-state index contributed by atoms with van der Waals surface area (Å²) in [6.07, 6.45) is -1.53. The monoisotopic (exact) mass is 405 g/mol. The number of hydrogen-bond acceptors (Lipinski definition) is 4. The van der Waals surface area contributed by atoms with Crippen molar-refractivity contribution in [3.05, 3.63) is 45.1 Å². The molecule has 0 aliphatic rings. The number of amides is 1. The molecule has 0 radical (unpaired) electrons. The molecule has 11 heteroatoms. The highest BCUT2D eigenvalue weighted by atomic mass is 35.5. The Morgan fingerprint density at radius 1 is 1.50 bits per heavy atom. The third-order valence-electron chi connectivity index (χ3n) is 3.63. The highest BCUT2D eigenvalue weighted by Crippen LogP contribution is 2.25. The van der Waals surface area contributed by atoms with Gasteiger partial charge in [-0.2, -0.15) is 17.6 Å². The van der Waals surface area contributed by atoms with Crippen LogP contribution in [-0.4, -0.2) is 33.3 Å². The number of rotatable bonds is 4. The number of fused-ring (bicyclic) bond motifs is 1. The van der Waals surface area contributed by atoms with Crippen molar-refractivity contribution in [3.8, 4) is 5.88 Å². The van der Waals surface area contributed by atoms with Gasteiger partial charge in [-0.15, -0.1) is 11.3 Å². The van der Waals surface area contributed by atoms with Crippen LogP contribution in [-0.2, 0) is 6.54 Å². The lowest BCUT2D eigenvalue weighted by Crippen LogP contribution is -2.35. The van der Waals surface area contributed by atoms with Gasteiger partial charge < -0.3 is 10.4 Å². The fourth-order valence-electron chi connectivity index (χ4n) is 2.62. The van der Waals surface area contributed by atoms with Crippen LogP contribution in [0.3, 0.4) is 0 Å². The maximum Gasteiger partial charge on any atom is 0.405 e. The van der Waals surface area contributed by atoms with E-state index < -0.39 is 24.5 Å². The predicted octanol–water partition coefficient (Wildman–Crippen LogP) is 2.69.